The van der Waals surface area contributed by atoms with Crippen LogP contribution in [0.2, 0.25) is 0 Å². The highest BCUT2D eigenvalue weighted by molar-refractivity contribution is 7.88. The fourth-order valence-corrected chi connectivity index (χ4v) is 2.66. The fourth-order valence-electron chi connectivity index (χ4n) is 2.18. The van der Waals surface area contributed by atoms with E-state index in [-0.39, 0.29) is 31.4 Å². The van der Waals surface area contributed by atoms with Crippen molar-refractivity contribution in [1.29, 1.82) is 0 Å². The van der Waals surface area contributed by atoms with Gasteiger partial charge in [0, 0.05) is 30.2 Å². The third-order valence-corrected chi connectivity index (χ3v) is 3.97. The van der Waals surface area contributed by atoms with Crippen molar-refractivity contribution in [3.63, 3.8) is 0 Å². The molecule has 7 nitrogen and oxygen atoms in total. The molecule has 0 aliphatic rings. The van der Waals surface area contributed by atoms with Crippen LogP contribution in [0, 0.1) is 0 Å². The molecule has 0 unspecified atom stereocenters. The molecule has 2 rings (SSSR count). The minimum atomic E-state index is -3.24. The Balaban J connectivity index is 0.00000264. The summed E-state index contributed by atoms with van der Waals surface area (Å²) in [6.45, 7) is 0.345. The zero-order chi connectivity index (χ0) is 16.2. The Morgan fingerprint density at radius 3 is 2.70 bits per heavy atom. The second-order valence-corrected chi connectivity index (χ2v) is 6.96. The van der Waals surface area contributed by atoms with Crippen molar-refractivity contribution in [2.45, 2.75) is 12.5 Å². The van der Waals surface area contributed by atoms with Gasteiger partial charge in [-0.1, -0.05) is 18.2 Å². The highest BCUT2D eigenvalue weighted by atomic mass is 35.5. The molecule has 1 atom stereocenters. The van der Waals surface area contributed by atoms with Crippen LogP contribution < -0.4 is 15.8 Å². The maximum absolute atomic E-state index is 11.9. The molecular formula is C14H21ClN4O3S. The number of rotatable bonds is 7. The van der Waals surface area contributed by atoms with E-state index >= 15 is 0 Å². The van der Waals surface area contributed by atoms with E-state index in [1.54, 1.807) is 0 Å². The number of para-hydroxylation sites is 1. The Bertz CT molecular complexity index is 760. The summed E-state index contributed by atoms with van der Waals surface area (Å²) in [5.74, 6) is -0.305. The van der Waals surface area contributed by atoms with E-state index in [2.05, 4.69) is 15.0 Å². The second kappa shape index (κ2) is 8.30. The predicted molar refractivity (Wildman–Crippen MR) is 93.1 cm³/mol. The minimum Gasteiger partial charge on any atom is -0.361 e. The van der Waals surface area contributed by atoms with E-state index in [4.69, 9.17) is 5.73 Å². The largest absolute Gasteiger partial charge is 0.361 e. The van der Waals surface area contributed by atoms with Crippen LogP contribution in [0.4, 0.5) is 0 Å². The normalized spacial score (nSPS) is 12.6. The standard InChI is InChI=1S/C14H20N4O3S.ClH/c1-22(20,21)18-7-6-16-14(19)12(15)8-10-9-17-13-5-3-2-4-11(10)13;/h2-5,9,12,17-18H,6-8,15H2,1H3,(H,16,19);1H/t12-;/m0./s1. The molecule has 0 spiro atoms. The Kier molecular flexibility index (Phi) is 7.01. The molecule has 1 amide bonds. The number of fused-ring (bicyclic) bond motifs is 1. The smallest absolute Gasteiger partial charge is 0.237 e. The fraction of sp³-hybridized carbons (Fsp3) is 0.357. The number of amides is 1. The maximum atomic E-state index is 11.9. The lowest BCUT2D eigenvalue weighted by molar-refractivity contribution is -0.122. The van der Waals surface area contributed by atoms with Crippen LogP contribution in [0.25, 0.3) is 10.9 Å². The molecule has 0 saturated heterocycles. The molecule has 0 saturated carbocycles. The summed E-state index contributed by atoms with van der Waals surface area (Å²) in [6, 6.07) is 7.12. The number of benzene rings is 1. The van der Waals surface area contributed by atoms with E-state index in [0.29, 0.717) is 6.42 Å². The highest BCUT2D eigenvalue weighted by Crippen LogP contribution is 2.18. The Morgan fingerprint density at radius 2 is 2.00 bits per heavy atom. The lowest BCUT2D eigenvalue weighted by Crippen LogP contribution is -2.44. The zero-order valence-electron chi connectivity index (χ0n) is 12.7. The van der Waals surface area contributed by atoms with Gasteiger partial charge in [-0.3, -0.25) is 4.79 Å². The van der Waals surface area contributed by atoms with Gasteiger partial charge in [-0.05, 0) is 18.1 Å². The molecule has 0 bridgehead atoms. The van der Waals surface area contributed by atoms with Gasteiger partial charge in [0.15, 0.2) is 0 Å². The van der Waals surface area contributed by atoms with Crippen molar-refractivity contribution < 1.29 is 13.2 Å². The number of H-pyrrole nitrogens is 1. The van der Waals surface area contributed by atoms with Gasteiger partial charge in [-0.25, -0.2) is 13.1 Å². The van der Waals surface area contributed by atoms with E-state index in [1.807, 2.05) is 30.5 Å². The summed E-state index contributed by atoms with van der Waals surface area (Å²) >= 11 is 0. The van der Waals surface area contributed by atoms with Gasteiger partial charge in [-0.15, -0.1) is 12.4 Å². The van der Waals surface area contributed by atoms with Crippen molar-refractivity contribution in [3.05, 3.63) is 36.0 Å². The first-order valence-corrected chi connectivity index (χ1v) is 8.79. The van der Waals surface area contributed by atoms with Crippen LogP contribution >= 0.6 is 12.4 Å². The topological polar surface area (TPSA) is 117 Å². The number of halogens is 1. The number of aromatic amines is 1. The zero-order valence-corrected chi connectivity index (χ0v) is 14.3. The minimum absolute atomic E-state index is 0. The van der Waals surface area contributed by atoms with Crippen LogP contribution in [-0.4, -0.2) is 44.7 Å². The highest BCUT2D eigenvalue weighted by Gasteiger charge is 2.15. The molecule has 1 aromatic heterocycles. The molecule has 23 heavy (non-hydrogen) atoms. The van der Waals surface area contributed by atoms with Gasteiger partial charge in [-0.2, -0.15) is 0 Å². The lowest BCUT2D eigenvalue weighted by Gasteiger charge is -2.12. The molecule has 0 radical (unpaired) electrons. The van der Waals surface area contributed by atoms with Crippen LogP contribution in [0.5, 0.6) is 0 Å². The number of nitrogens with one attached hydrogen (secondary N) is 3. The third-order valence-electron chi connectivity index (χ3n) is 3.24. The van der Waals surface area contributed by atoms with E-state index in [9.17, 15) is 13.2 Å². The Morgan fingerprint density at radius 1 is 1.30 bits per heavy atom. The number of aromatic nitrogens is 1. The van der Waals surface area contributed by atoms with Gasteiger partial charge in [0.1, 0.15) is 0 Å². The van der Waals surface area contributed by atoms with E-state index in [0.717, 1.165) is 22.7 Å². The van der Waals surface area contributed by atoms with Crippen LogP contribution in [-0.2, 0) is 21.2 Å². The molecule has 0 aliphatic heterocycles. The first-order chi connectivity index (χ1) is 10.4. The van der Waals surface area contributed by atoms with Crippen LogP contribution in [0.15, 0.2) is 30.5 Å². The molecular weight excluding hydrogens is 340 g/mol. The second-order valence-electron chi connectivity index (χ2n) is 5.13. The molecule has 2 aromatic rings. The summed E-state index contributed by atoms with van der Waals surface area (Å²) in [7, 11) is -3.24. The van der Waals surface area contributed by atoms with Gasteiger partial charge in [0.05, 0.1) is 12.3 Å². The third kappa shape index (κ3) is 5.83. The van der Waals surface area contributed by atoms with E-state index < -0.39 is 16.1 Å². The van der Waals surface area contributed by atoms with E-state index in [1.165, 1.54) is 0 Å². The molecule has 5 N–H and O–H groups in total. The van der Waals surface area contributed by atoms with Gasteiger partial charge < -0.3 is 16.0 Å². The molecule has 1 aromatic carbocycles. The summed E-state index contributed by atoms with van der Waals surface area (Å²) in [4.78, 5) is 15.0. The Hall–Kier alpha value is -1.61. The SMILES string of the molecule is CS(=O)(=O)NCCNC(=O)[C@@H](N)Cc1c[nH]c2ccccc12.Cl. The number of hydrogen-bond acceptors (Lipinski definition) is 4. The summed E-state index contributed by atoms with van der Waals surface area (Å²) in [6.07, 6.45) is 3.33. The molecule has 0 aliphatic carbocycles. The van der Waals surface area contributed by atoms with Crippen molar-refractivity contribution in [3.8, 4) is 0 Å². The quantitative estimate of drug-likeness (QED) is 0.525. The summed E-state index contributed by atoms with van der Waals surface area (Å²) < 4.78 is 24.1. The molecule has 9 heteroatoms. The van der Waals surface area contributed by atoms with Crippen molar-refractivity contribution in [2.24, 2.45) is 5.73 Å². The number of sulfonamides is 1. The van der Waals surface area contributed by atoms with Crippen molar-refractivity contribution in [1.82, 2.24) is 15.0 Å². The summed E-state index contributed by atoms with van der Waals surface area (Å²) in [5, 5.41) is 3.66. The van der Waals surface area contributed by atoms with Gasteiger partial charge in [0.2, 0.25) is 15.9 Å². The average Bonchev–Trinajstić information content (AvgIpc) is 2.86. The van der Waals surface area contributed by atoms with Crippen LogP contribution in [0.1, 0.15) is 5.56 Å². The number of carbonyl (C=O) groups is 1. The molecule has 0 fully saturated rings. The predicted octanol–water partition coefficient (Wildman–Crippen LogP) is 0.125. The van der Waals surface area contributed by atoms with Crippen LogP contribution in [0.3, 0.4) is 0 Å². The maximum Gasteiger partial charge on any atom is 0.237 e. The van der Waals surface area contributed by atoms with Gasteiger partial charge >= 0.3 is 0 Å². The molecule has 1 heterocycles. The van der Waals surface area contributed by atoms with Gasteiger partial charge in [0.25, 0.3) is 0 Å². The van der Waals surface area contributed by atoms with Crippen molar-refractivity contribution >= 4 is 39.2 Å². The Labute approximate surface area is 141 Å². The molecule has 128 valence electrons. The first-order valence-electron chi connectivity index (χ1n) is 6.90. The summed E-state index contributed by atoms with van der Waals surface area (Å²) in [5.41, 5.74) is 7.88. The average molecular weight is 361 g/mol. The number of hydrogen-bond donors (Lipinski definition) is 4. The lowest BCUT2D eigenvalue weighted by atomic mass is 10.1. The monoisotopic (exact) mass is 360 g/mol. The first kappa shape index (κ1) is 19.4. The van der Waals surface area contributed by atoms with Crippen molar-refractivity contribution in [2.75, 3.05) is 19.3 Å². The number of nitrogens with two attached hydrogens (primary N) is 1. The number of carbonyl (C=O) groups excluding carboxylic acids is 1.